The van der Waals surface area contributed by atoms with E-state index < -0.39 is 36.0 Å². The van der Waals surface area contributed by atoms with Gasteiger partial charge in [-0.05, 0) is 99.1 Å². The number of hydrogen-bond acceptors (Lipinski definition) is 12. The van der Waals surface area contributed by atoms with Crippen LogP contribution in [-0.4, -0.2) is 141 Å². The molecule has 0 N–H and O–H groups in total. The molecule has 2 saturated heterocycles. The van der Waals surface area contributed by atoms with Crippen molar-refractivity contribution < 1.29 is 57.1 Å². The van der Waals surface area contributed by atoms with Gasteiger partial charge in [-0.3, -0.25) is 9.59 Å². The quantitative estimate of drug-likeness (QED) is 0.131. The van der Waals surface area contributed by atoms with Crippen molar-refractivity contribution in [3.05, 3.63) is 107 Å². The van der Waals surface area contributed by atoms with Crippen LogP contribution in [0.15, 0.2) is 73.8 Å². The van der Waals surface area contributed by atoms with Crippen molar-refractivity contribution in [3.8, 4) is 0 Å². The van der Waals surface area contributed by atoms with Crippen LogP contribution in [-0.2, 0) is 63.5 Å². The molecule has 6 aromatic rings. The maximum atomic E-state index is 13.6. The van der Waals surface area contributed by atoms with Crippen molar-refractivity contribution in [1.29, 1.82) is 0 Å². The fourth-order valence-corrected chi connectivity index (χ4v) is 12.6. The molecule has 384 valence electrons. The van der Waals surface area contributed by atoms with Crippen LogP contribution in [0.2, 0.25) is 0 Å². The van der Waals surface area contributed by atoms with Gasteiger partial charge in [0.2, 0.25) is 0 Å². The molecule has 4 aromatic heterocycles. The molecule has 0 spiro atoms. The lowest BCUT2D eigenvalue weighted by molar-refractivity contribution is -0.670. The second-order valence-corrected chi connectivity index (χ2v) is 23.7. The predicted molar refractivity (Wildman–Crippen MR) is 256 cm³/mol. The van der Waals surface area contributed by atoms with Crippen molar-refractivity contribution in [3.63, 3.8) is 0 Å². The van der Waals surface area contributed by atoms with Gasteiger partial charge >= 0.3 is 25.9 Å². The molecule has 0 radical (unpaired) electrons. The van der Waals surface area contributed by atoms with E-state index in [0.29, 0.717) is 59.9 Å². The van der Waals surface area contributed by atoms with Crippen molar-refractivity contribution in [2.45, 2.75) is 71.0 Å². The lowest BCUT2D eigenvalue weighted by Gasteiger charge is -2.30. The third-order valence-electron chi connectivity index (χ3n) is 13.7. The van der Waals surface area contributed by atoms with E-state index in [1.54, 1.807) is 54.6 Å². The number of aromatic nitrogens is 6. The Morgan fingerprint density at radius 2 is 1.10 bits per heavy atom. The number of likely N-dealkylation sites (N-methyl/N-ethyl adjacent to an activating group) is 2. The highest BCUT2D eigenvalue weighted by atomic mass is 32.2. The number of benzene rings is 2. The Morgan fingerprint density at radius 1 is 0.676 bits per heavy atom. The Labute approximate surface area is 410 Å². The molecule has 8 heterocycles. The Kier molecular flexibility index (Phi) is 14.4. The standard InChI is InChI=1S/C23H30N5O3S.C22H27N5O3S.CHF3O3S/c1-17-6-10-26(11-7-17)23(29)18-4-5-21-19(14-18)20-15-24(2)9-8-22(20)28(21)32(30,31)27-13-12-25(3)16-27;1-16-5-10-25(11-6-16)22(28)17-3-4-20-18(13-17)19-14-24(2)9-7-21(19)27(20)31(29,30)26-12-8-23-15-26;2-1(3,4)8(5,6)7/h4-5,12-14,16-17H,6-11,15H2,1-3H3;3-4,8,12-13,15-16H,5-7,9-11,14H2,1-2H3;(H,5,6,7)/q+1;;/p-1. The monoisotopic (exact) mass is 1050 g/mol. The molecular weight excluding hydrogens is 990 g/mol. The van der Waals surface area contributed by atoms with Gasteiger partial charge < -0.3 is 24.2 Å². The lowest BCUT2D eigenvalue weighted by atomic mass is 9.98. The molecule has 4 aliphatic rings. The van der Waals surface area contributed by atoms with Gasteiger partial charge in [-0.2, -0.15) is 30.0 Å². The van der Waals surface area contributed by atoms with Crippen LogP contribution in [0, 0.1) is 11.8 Å². The first-order valence-corrected chi connectivity index (χ1v) is 27.4. The highest BCUT2D eigenvalue weighted by Crippen LogP contribution is 2.36. The molecule has 2 amide bonds. The summed E-state index contributed by atoms with van der Waals surface area (Å²) < 4.78 is 120. The number of rotatable bonds is 6. The average molecular weight is 1050 g/mol. The van der Waals surface area contributed by atoms with Gasteiger partial charge in [-0.15, -0.1) is 3.97 Å². The van der Waals surface area contributed by atoms with Crippen LogP contribution < -0.4 is 4.57 Å². The smallest absolute Gasteiger partial charge is 0.485 e. The van der Waals surface area contributed by atoms with Gasteiger partial charge in [0.25, 0.3) is 18.1 Å². The van der Waals surface area contributed by atoms with Gasteiger partial charge in [0, 0.05) is 111 Å². The molecule has 0 bridgehead atoms. The minimum absolute atomic E-state index is 0.0249. The number of aryl methyl sites for hydroxylation is 1. The van der Waals surface area contributed by atoms with Gasteiger partial charge in [-0.1, -0.05) is 13.8 Å². The van der Waals surface area contributed by atoms with Crippen molar-refractivity contribution in [2.75, 3.05) is 53.4 Å². The van der Waals surface area contributed by atoms with Crippen LogP contribution in [0.4, 0.5) is 13.2 Å². The normalized spacial score (nSPS) is 17.9. The molecule has 4 aliphatic heterocycles. The van der Waals surface area contributed by atoms with Crippen molar-refractivity contribution in [1.82, 2.24) is 40.5 Å². The maximum absolute atomic E-state index is 13.6. The molecule has 0 unspecified atom stereocenters. The van der Waals surface area contributed by atoms with Crippen LogP contribution >= 0.6 is 0 Å². The zero-order valence-electron chi connectivity index (χ0n) is 40.0. The third-order valence-corrected chi connectivity index (χ3v) is 17.5. The summed E-state index contributed by atoms with van der Waals surface area (Å²) in [7, 11) is -7.89. The molecule has 0 atom stereocenters. The predicted octanol–water partition coefficient (Wildman–Crippen LogP) is 4.16. The third kappa shape index (κ3) is 10.4. The van der Waals surface area contributed by atoms with Gasteiger partial charge in [0.15, 0.2) is 10.1 Å². The van der Waals surface area contributed by atoms with Gasteiger partial charge in [0.05, 0.1) is 18.1 Å². The Morgan fingerprint density at radius 3 is 1.46 bits per heavy atom. The Balaban J connectivity index is 0.000000165. The summed E-state index contributed by atoms with van der Waals surface area (Å²) in [4.78, 5) is 38.5. The number of imidazole rings is 2. The molecule has 10 rings (SSSR count). The summed E-state index contributed by atoms with van der Waals surface area (Å²) in [6.45, 7) is 10.4. The summed E-state index contributed by atoms with van der Waals surface area (Å²) in [5.74, 6) is 1.36. The van der Waals surface area contributed by atoms with E-state index in [2.05, 4.69) is 28.6 Å². The molecule has 25 heteroatoms. The topological polar surface area (TPSA) is 209 Å². The SMILES string of the molecule is CC1CCN(C(=O)c2ccc3c(c2)c2c(n3S(=O)(=O)n3cc[n+](C)c3)CCN(C)C2)CC1.CC1CCN(C(=O)c2ccc3c(c2)c2c(n3S(=O)(=O)n3ccnc3)CCN(C)C2)CC1.O=S(=O)([O-])C(F)(F)F. The Hall–Kier alpha value is -5.60. The number of hydrogen-bond donors (Lipinski definition) is 0. The summed E-state index contributed by atoms with van der Waals surface area (Å²) in [5, 5.41) is 1.68. The number of halogens is 3. The number of piperidine rings is 2. The highest BCUT2D eigenvalue weighted by molar-refractivity contribution is 7.89. The van der Waals surface area contributed by atoms with Gasteiger partial charge in [0.1, 0.15) is 18.7 Å². The lowest BCUT2D eigenvalue weighted by Crippen LogP contribution is -2.37. The first kappa shape index (κ1) is 51.7. The van der Waals surface area contributed by atoms with Gasteiger partial charge in [-0.25, -0.2) is 29.9 Å². The number of carbonyl (C=O) groups is 2. The zero-order chi connectivity index (χ0) is 51.4. The van der Waals surface area contributed by atoms with Crippen LogP contribution in [0.5, 0.6) is 0 Å². The van der Waals surface area contributed by atoms with Crippen LogP contribution in [0.3, 0.4) is 0 Å². The second-order valence-electron chi connectivity index (χ2n) is 19.0. The van der Waals surface area contributed by atoms with E-state index in [4.69, 9.17) is 13.0 Å². The molecular formula is C46H57F3N10O9S3. The number of carbonyl (C=O) groups excluding carboxylic acids is 2. The van der Waals surface area contributed by atoms with Crippen molar-refractivity contribution >= 4 is 64.2 Å². The number of fused-ring (bicyclic) bond motifs is 6. The molecule has 2 aromatic carbocycles. The molecule has 2 fully saturated rings. The first-order chi connectivity index (χ1) is 33.4. The summed E-state index contributed by atoms with van der Waals surface area (Å²) in [6.07, 6.45) is 14.4. The number of likely N-dealkylation sites (tertiary alicyclic amines) is 2. The minimum atomic E-state index is -6.09. The second kappa shape index (κ2) is 19.8. The fraction of sp³-hybridized carbons (Fsp3) is 0.478. The fourth-order valence-electron chi connectivity index (χ4n) is 9.62. The minimum Gasteiger partial charge on any atom is -0.741 e. The number of nitrogens with zero attached hydrogens (tertiary/aromatic N) is 10. The molecule has 0 saturated carbocycles. The van der Waals surface area contributed by atoms with Crippen LogP contribution in [0.1, 0.15) is 82.8 Å². The summed E-state index contributed by atoms with van der Waals surface area (Å²) in [6, 6.07) is 10.9. The van der Waals surface area contributed by atoms with E-state index in [1.807, 2.05) is 36.0 Å². The van der Waals surface area contributed by atoms with Crippen molar-refractivity contribution in [2.24, 2.45) is 18.9 Å². The molecule has 0 aliphatic carbocycles. The first-order valence-electron chi connectivity index (χ1n) is 23.2. The largest absolute Gasteiger partial charge is 0.741 e. The van der Waals surface area contributed by atoms with E-state index in [9.17, 15) is 39.6 Å². The number of alkyl halides is 3. The number of amides is 2. The average Bonchev–Trinajstić information content (AvgIpc) is 4.14. The summed E-state index contributed by atoms with van der Waals surface area (Å²) in [5.41, 5.74) is 0.421. The van der Waals surface area contributed by atoms with E-state index in [-0.39, 0.29) is 11.8 Å². The highest BCUT2D eigenvalue weighted by Gasteiger charge is 2.37. The van der Waals surface area contributed by atoms with E-state index in [0.717, 1.165) is 102 Å². The Bertz CT molecular complexity index is 3320. The van der Waals surface area contributed by atoms with Crippen LogP contribution in [0.25, 0.3) is 21.8 Å². The van der Waals surface area contributed by atoms with E-state index in [1.165, 1.54) is 30.6 Å². The maximum Gasteiger partial charge on any atom is 0.485 e. The molecule has 71 heavy (non-hydrogen) atoms. The molecule has 19 nitrogen and oxygen atoms in total. The van der Waals surface area contributed by atoms with E-state index >= 15 is 0 Å². The summed E-state index contributed by atoms with van der Waals surface area (Å²) >= 11 is 0. The zero-order valence-corrected chi connectivity index (χ0v) is 42.4.